The van der Waals surface area contributed by atoms with E-state index in [9.17, 15) is 0 Å². The van der Waals surface area contributed by atoms with Crippen LogP contribution in [0, 0.1) is 6.92 Å². The van der Waals surface area contributed by atoms with Gasteiger partial charge in [0.2, 0.25) is 0 Å². The molecule has 19 heavy (non-hydrogen) atoms. The smallest absolute Gasteiger partial charge is 0.135 e. The van der Waals surface area contributed by atoms with Crippen molar-refractivity contribution in [2.45, 2.75) is 33.2 Å². The van der Waals surface area contributed by atoms with Gasteiger partial charge in [0, 0.05) is 19.0 Å². The summed E-state index contributed by atoms with van der Waals surface area (Å²) in [5, 5.41) is 0. The number of nitrogen functional groups attached to an aromatic ring is 1. The molecule has 2 heterocycles. The van der Waals surface area contributed by atoms with Crippen molar-refractivity contribution < 1.29 is 4.42 Å². The summed E-state index contributed by atoms with van der Waals surface area (Å²) >= 11 is 0. The van der Waals surface area contributed by atoms with Crippen molar-refractivity contribution in [1.29, 1.82) is 0 Å². The van der Waals surface area contributed by atoms with Gasteiger partial charge in [-0.3, -0.25) is 0 Å². The summed E-state index contributed by atoms with van der Waals surface area (Å²) in [7, 11) is 1.96. The van der Waals surface area contributed by atoms with Crippen LogP contribution in [0.3, 0.4) is 0 Å². The minimum Gasteiger partial charge on any atom is -0.464 e. The quantitative estimate of drug-likeness (QED) is 0.915. The first-order chi connectivity index (χ1) is 8.95. The van der Waals surface area contributed by atoms with Crippen LogP contribution in [0.2, 0.25) is 0 Å². The van der Waals surface area contributed by atoms with Crippen LogP contribution in [0.15, 0.2) is 22.6 Å². The monoisotopic (exact) mass is 260 g/mol. The van der Waals surface area contributed by atoms with Gasteiger partial charge in [0.15, 0.2) is 0 Å². The molecule has 0 radical (unpaired) electrons. The van der Waals surface area contributed by atoms with Crippen molar-refractivity contribution in [2.24, 2.45) is 0 Å². The van der Waals surface area contributed by atoms with Crippen LogP contribution in [0.1, 0.15) is 37.1 Å². The number of aromatic nitrogens is 2. The van der Waals surface area contributed by atoms with E-state index in [1.54, 1.807) is 6.07 Å². The average molecular weight is 260 g/mol. The molecule has 0 spiro atoms. The van der Waals surface area contributed by atoms with Crippen molar-refractivity contribution in [3.63, 3.8) is 0 Å². The average Bonchev–Trinajstić information content (AvgIpc) is 2.73. The van der Waals surface area contributed by atoms with E-state index in [1.807, 2.05) is 31.0 Å². The van der Waals surface area contributed by atoms with E-state index < -0.39 is 0 Å². The third-order valence-electron chi connectivity index (χ3n) is 2.85. The lowest BCUT2D eigenvalue weighted by Crippen LogP contribution is -2.19. The normalized spacial score (nSPS) is 11.0. The second-order valence-corrected chi connectivity index (χ2v) is 5.03. The summed E-state index contributed by atoms with van der Waals surface area (Å²) in [6.45, 7) is 6.69. The van der Waals surface area contributed by atoms with Gasteiger partial charge < -0.3 is 15.1 Å². The van der Waals surface area contributed by atoms with Crippen molar-refractivity contribution in [1.82, 2.24) is 9.97 Å². The van der Waals surface area contributed by atoms with Crippen molar-refractivity contribution in [2.75, 3.05) is 17.7 Å². The summed E-state index contributed by atoms with van der Waals surface area (Å²) in [5.41, 5.74) is 5.83. The van der Waals surface area contributed by atoms with Crippen LogP contribution in [0.4, 0.5) is 11.6 Å². The van der Waals surface area contributed by atoms with Gasteiger partial charge in [-0.2, -0.15) is 0 Å². The lowest BCUT2D eigenvalue weighted by atomic mass is 10.2. The minimum absolute atomic E-state index is 0.251. The van der Waals surface area contributed by atoms with Crippen LogP contribution >= 0.6 is 0 Å². The van der Waals surface area contributed by atoms with E-state index in [-0.39, 0.29) is 5.92 Å². The molecule has 2 aromatic rings. The molecule has 0 bridgehead atoms. The van der Waals surface area contributed by atoms with E-state index in [0.29, 0.717) is 12.4 Å². The second-order valence-electron chi connectivity index (χ2n) is 5.03. The van der Waals surface area contributed by atoms with Gasteiger partial charge in [-0.15, -0.1) is 0 Å². The summed E-state index contributed by atoms with van der Waals surface area (Å²) in [5.74, 6) is 4.14. The van der Waals surface area contributed by atoms with E-state index in [0.717, 1.165) is 23.2 Å². The molecular formula is C14H20N4O. The fourth-order valence-electron chi connectivity index (χ4n) is 1.81. The molecule has 0 atom stereocenters. The van der Waals surface area contributed by atoms with Gasteiger partial charge in [-0.1, -0.05) is 13.8 Å². The largest absolute Gasteiger partial charge is 0.464 e. The third kappa shape index (κ3) is 3.24. The van der Waals surface area contributed by atoms with E-state index in [1.165, 1.54) is 0 Å². The fraction of sp³-hybridized carbons (Fsp3) is 0.429. The standard InChI is InChI=1S/C14H20N4O/c1-9(2)14-16-12(15)7-13(17-14)18(4)8-11-6-5-10(3)19-11/h5-7,9H,8H2,1-4H3,(H2,15,16,17). The van der Waals surface area contributed by atoms with Crippen LogP contribution in [0.5, 0.6) is 0 Å². The van der Waals surface area contributed by atoms with Gasteiger partial charge in [-0.25, -0.2) is 9.97 Å². The fourth-order valence-corrected chi connectivity index (χ4v) is 1.81. The Hall–Kier alpha value is -2.04. The Morgan fingerprint density at radius 3 is 2.63 bits per heavy atom. The van der Waals surface area contributed by atoms with Crippen LogP contribution in [-0.2, 0) is 6.54 Å². The van der Waals surface area contributed by atoms with Gasteiger partial charge in [0.1, 0.15) is 29.0 Å². The zero-order chi connectivity index (χ0) is 14.0. The number of nitrogens with two attached hydrogens (primary N) is 1. The van der Waals surface area contributed by atoms with Crippen LogP contribution in [0.25, 0.3) is 0 Å². The van der Waals surface area contributed by atoms with Crippen molar-refractivity contribution in [3.05, 3.63) is 35.5 Å². The topological polar surface area (TPSA) is 68.2 Å². The van der Waals surface area contributed by atoms with E-state index >= 15 is 0 Å². The molecule has 0 aliphatic rings. The highest BCUT2D eigenvalue weighted by Crippen LogP contribution is 2.19. The highest BCUT2D eigenvalue weighted by molar-refractivity contribution is 5.46. The predicted octanol–water partition coefficient (Wildman–Crippen LogP) is 2.72. The minimum atomic E-state index is 0.251. The molecule has 2 N–H and O–H groups in total. The van der Waals surface area contributed by atoms with Gasteiger partial charge in [0.05, 0.1) is 6.54 Å². The lowest BCUT2D eigenvalue weighted by molar-refractivity contribution is 0.481. The summed E-state index contributed by atoms with van der Waals surface area (Å²) in [4.78, 5) is 10.8. The predicted molar refractivity (Wildman–Crippen MR) is 76.1 cm³/mol. The lowest BCUT2D eigenvalue weighted by Gasteiger charge is -2.18. The summed E-state index contributed by atoms with van der Waals surface area (Å²) < 4.78 is 5.57. The number of rotatable bonds is 4. The van der Waals surface area contributed by atoms with Gasteiger partial charge >= 0.3 is 0 Å². The molecule has 5 nitrogen and oxygen atoms in total. The van der Waals surface area contributed by atoms with Crippen molar-refractivity contribution in [3.8, 4) is 0 Å². The zero-order valence-electron chi connectivity index (χ0n) is 11.8. The first-order valence-electron chi connectivity index (χ1n) is 6.36. The van der Waals surface area contributed by atoms with Gasteiger partial charge in [0.25, 0.3) is 0 Å². The number of nitrogens with zero attached hydrogens (tertiary/aromatic N) is 3. The number of hydrogen-bond donors (Lipinski definition) is 1. The second kappa shape index (κ2) is 5.30. The number of aryl methyl sites for hydroxylation is 1. The molecule has 0 saturated heterocycles. The molecule has 0 aliphatic heterocycles. The first-order valence-corrected chi connectivity index (χ1v) is 6.36. The molecule has 2 aromatic heterocycles. The maximum Gasteiger partial charge on any atom is 0.135 e. The third-order valence-corrected chi connectivity index (χ3v) is 2.85. The van der Waals surface area contributed by atoms with Crippen LogP contribution < -0.4 is 10.6 Å². The molecule has 2 rings (SSSR count). The first kappa shape index (κ1) is 13.4. The summed E-state index contributed by atoms with van der Waals surface area (Å²) in [6.07, 6.45) is 0. The Balaban J connectivity index is 2.20. The number of anilines is 2. The maximum atomic E-state index is 5.83. The Morgan fingerprint density at radius 2 is 2.05 bits per heavy atom. The SMILES string of the molecule is Cc1ccc(CN(C)c2cc(N)nc(C(C)C)n2)o1. The maximum absolute atomic E-state index is 5.83. The number of furan rings is 1. The number of hydrogen-bond acceptors (Lipinski definition) is 5. The highest BCUT2D eigenvalue weighted by Gasteiger charge is 2.11. The Morgan fingerprint density at radius 1 is 1.32 bits per heavy atom. The van der Waals surface area contributed by atoms with Crippen molar-refractivity contribution >= 4 is 11.6 Å². The Labute approximate surface area is 113 Å². The van der Waals surface area contributed by atoms with E-state index in [2.05, 4.69) is 23.8 Å². The molecule has 5 heteroatoms. The molecule has 0 saturated carbocycles. The zero-order valence-corrected chi connectivity index (χ0v) is 11.8. The molecule has 0 aromatic carbocycles. The molecule has 0 aliphatic carbocycles. The Kier molecular flexibility index (Phi) is 3.74. The van der Waals surface area contributed by atoms with E-state index in [4.69, 9.17) is 10.2 Å². The molecular weight excluding hydrogens is 240 g/mol. The molecule has 0 amide bonds. The highest BCUT2D eigenvalue weighted by atomic mass is 16.3. The van der Waals surface area contributed by atoms with Crippen LogP contribution in [-0.4, -0.2) is 17.0 Å². The molecule has 102 valence electrons. The molecule has 0 fully saturated rings. The molecule has 0 unspecified atom stereocenters. The summed E-state index contributed by atoms with van der Waals surface area (Å²) in [6, 6.07) is 5.71. The Bertz CT molecular complexity index is 562. The van der Waals surface area contributed by atoms with Gasteiger partial charge in [-0.05, 0) is 19.1 Å².